The van der Waals surface area contributed by atoms with Gasteiger partial charge in [0.25, 0.3) is 5.56 Å². The molecule has 0 aliphatic carbocycles. The number of aromatic nitrogens is 5. The van der Waals surface area contributed by atoms with Crippen molar-refractivity contribution in [3.05, 3.63) is 87.6 Å². The molecule has 2 N–H and O–H groups in total. The van der Waals surface area contributed by atoms with Crippen LogP contribution in [-0.4, -0.2) is 46.6 Å². The van der Waals surface area contributed by atoms with Crippen molar-refractivity contribution in [2.45, 2.75) is 13.0 Å². The van der Waals surface area contributed by atoms with Crippen molar-refractivity contribution in [3.8, 4) is 5.69 Å². The molecule has 1 aliphatic heterocycles. The maximum absolute atomic E-state index is 13.4. The van der Waals surface area contributed by atoms with E-state index in [1.165, 1.54) is 15.7 Å². The van der Waals surface area contributed by atoms with Crippen molar-refractivity contribution in [2.75, 3.05) is 11.9 Å². The van der Waals surface area contributed by atoms with E-state index in [0.29, 0.717) is 53.0 Å². The second-order valence-corrected chi connectivity index (χ2v) is 8.59. The van der Waals surface area contributed by atoms with Crippen molar-refractivity contribution < 1.29 is 9.90 Å². The van der Waals surface area contributed by atoms with Gasteiger partial charge in [-0.05, 0) is 41.8 Å². The van der Waals surface area contributed by atoms with Gasteiger partial charge in [0, 0.05) is 37.4 Å². The fourth-order valence-corrected chi connectivity index (χ4v) is 4.60. The summed E-state index contributed by atoms with van der Waals surface area (Å²) in [5.74, 6) is 0.677. The Morgan fingerprint density at radius 1 is 1.11 bits per heavy atom. The summed E-state index contributed by atoms with van der Waals surface area (Å²) < 4.78 is 3.16. The van der Waals surface area contributed by atoms with Crippen molar-refractivity contribution >= 4 is 46.1 Å². The Morgan fingerprint density at radius 3 is 2.80 bits per heavy atom. The molecule has 1 aliphatic rings. The minimum Gasteiger partial charge on any atom is -0.465 e. The number of anilines is 2. The van der Waals surface area contributed by atoms with Crippen LogP contribution in [0.25, 0.3) is 22.5 Å². The number of fused-ring (bicyclic) bond motifs is 4. The lowest BCUT2D eigenvalue weighted by Crippen LogP contribution is -2.34. The number of amides is 1. The van der Waals surface area contributed by atoms with E-state index in [1.54, 1.807) is 41.1 Å². The van der Waals surface area contributed by atoms with Crippen LogP contribution in [0.1, 0.15) is 11.1 Å². The van der Waals surface area contributed by atoms with Gasteiger partial charge in [0.05, 0.1) is 10.7 Å². The van der Waals surface area contributed by atoms with Crippen LogP contribution in [0.5, 0.6) is 0 Å². The van der Waals surface area contributed by atoms with Crippen LogP contribution in [0.4, 0.5) is 16.4 Å². The van der Waals surface area contributed by atoms with Crippen molar-refractivity contribution in [1.29, 1.82) is 0 Å². The molecule has 1 amide bonds. The fourth-order valence-electron chi connectivity index (χ4n) is 4.38. The molecule has 0 bridgehead atoms. The van der Waals surface area contributed by atoms with Gasteiger partial charge in [0.1, 0.15) is 5.39 Å². The number of nitrogens with one attached hydrogen (secondary N) is 1. The molecule has 10 nitrogen and oxygen atoms in total. The molecule has 0 saturated carbocycles. The number of imidazole rings is 1. The van der Waals surface area contributed by atoms with Gasteiger partial charge in [0.15, 0.2) is 5.65 Å². The van der Waals surface area contributed by atoms with Crippen LogP contribution >= 0.6 is 11.6 Å². The van der Waals surface area contributed by atoms with E-state index in [2.05, 4.69) is 20.3 Å². The molecule has 0 radical (unpaired) electrons. The first-order valence-electron chi connectivity index (χ1n) is 10.9. The Morgan fingerprint density at radius 2 is 1.97 bits per heavy atom. The second kappa shape index (κ2) is 8.10. The second-order valence-electron chi connectivity index (χ2n) is 8.18. The largest absolute Gasteiger partial charge is 0.465 e. The number of hydrogen-bond donors (Lipinski definition) is 2. The highest BCUT2D eigenvalue weighted by molar-refractivity contribution is 6.32. The lowest BCUT2D eigenvalue weighted by atomic mass is 9.99. The van der Waals surface area contributed by atoms with Gasteiger partial charge in [-0.25, -0.2) is 19.3 Å². The third-order valence-electron chi connectivity index (χ3n) is 6.09. The summed E-state index contributed by atoms with van der Waals surface area (Å²) in [6.07, 6.45) is 4.53. The van der Waals surface area contributed by atoms with E-state index in [1.807, 2.05) is 18.2 Å². The molecule has 4 heterocycles. The van der Waals surface area contributed by atoms with Gasteiger partial charge < -0.3 is 15.3 Å². The van der Waals surface area contributed by atoms with Crippen LogP contribution in [0, 0.1) is 0 Å². The molecule has 6 rings (SSSR count). The van der Waals surface area contributed by atoms with Crippen molar-refractivity contribution in [3.63, 3.8) is 0 Å². The number of carboxylic acid groups (broad SMARTS) is 1. The van der Waals surface area contributed by atoms with E-state index in [0.717, 1.165) is 16.8 Å². The Bertz CT molecular complexity index is 1690. The van der Waals surface area contributed by atoms with E-state index in [-0.39, 0.29) is 5.56 Å². The zero-order valence-electron chi connectivity index (χ0n) is 18.2. The van der Waals surface area contributed by atoms with Crippen LogP contribution in [0.2, 0.25) is 5.02 Å². The average Bonchev–Trinajstić information content (AvgIpc) is 3.34. The first-order valence-corrected chi connectivity index (χ1v) is 11.2. The van der Waals surface area contributed by atoms with E-state index < -0.39 is 6.09 Å². The molecular weight excluding hydrogens is 470 g/mol. The van der Waals surface area contributed by atoms with Gasteiger partial charge in [-0.2, -0.15) is 4.98 Å². The number of rotatable bonds is 3. The Hall–Kier alpha value is -4.44. The maximum atomic E-state index is 13.4. The molecule has 0 spiro atoms. The first-order chi connectivity index (χ1) is 17.0. The van der Waals surface area contributed by atoms with Crippen LogP contribution in [-0.2, 0) is 13.0 Å². The minimum absolute atomic E-state index is 0.299. The van der Waals surface area contributed by atoms with Crippen LogP contribution in [0.3, 0.4) is 0 Å². The van der Waals surface area contributed by atoms with E-state index >= 15 is 0 Å². The molecule has 5 aromatic rings. The molecule has 0 unspecified atom stereocenters. The molecule has 0 saturated heterocycles. The monoisotopic (exact) mass is 487 g/mol. The number of halogens is 1. The molecular formula is C24H18ClN7O3. The summed E-state index contributed by atoms with van der Waals surface area (Å²) in [4.78, 5) is 39.5. The topological polar surface area (TPSA) is 118 Å². The maximum Gasteiger partial charge on any atom is 0.407 e. The number of benzene rings is 2. The standard InChI is InChI=1S/C24H18ClN7O3/c25-18-3-1-2-4-19(18)32-21(33)17-12-27-22(29-20(17)31-10-8-26-23(31)32)28-16-6-5-14-7-9-30(24(34)35)13-15(14)11-16/h1-6,8,10-12H,7,9,13H2,(H,34,35)(H,27,28,29). The highest BCUT2D eigenvalue weighted by Crippen LogP contribution is 2.25. The van der Waals surface area contributed by atoms with Crippen molar-refractivity contribution in [2.24, 2.45) is 0 Å². The summed E-state index contributed by atoms with van der Waals surface area (Å²) in [7, 11) is 0. The first kappa shape index (κ1) is 21.1. The lowest BCUT2D eigenvalue weighted by molar-refractivity contribution is 0.140. The smallest absolute Gasteiger partial charge is 0.407 e. The van der Waals surface area contributed by atoms with E-state index in [9.17, 15) is 14.7 Å². The molecule has 0 fully saturated rings. The quantitative estimate of drug-likeness (QED) is 0.396. The average molecular weight is 488 g/mol. The lowest BCUT2D eigenvalue weighted by Gasteiger charge is -2.26. The van der Waals surface area contributed by atoms with Crippen molar-refractivity contribution in [1.82, 2.24) is 28.8 Å². The summed E-state index contributed by atoms with van der Waals surface area (Å²) in [6, 6.07) is 12.9. The molecule has 2 aromatic carbocycles. The number of carbonyl (C=O) groups is 1. The minimum atomic E-state index is -0.932. The SMILES string of the molecule is O=C(O)N1CCc2ccc(Nc3ncc4c(=O)n(-c5ccccc5Cl)c5nccn5c4n3)cc2C1. The highest BCUT2D eigenvalue weighted by Gasteiger charge is 2.21. The van der Waals surface area contributed by atoms with Crippen LogP contribution < -0.4 is 10.9 Å². The number of para-hydroxylation sites is 1. The van der Waals surface area contributed by atoms with Gasteiger partial charge >= 0.3 is 6.09 Å². The normalized spacial score (nSPS) is 13.2. The van der Waals surface area contributed by atoms with Crippen LogP contribution in [0.15, 0.2) is 65.8 Å². The zero-order chi connectivity index (χ0) is 24.1. The zero-order valence-corrected chi connectivity index (χ0v) is 19.0. The molecule has 174 valence electrons. The molecule has 3 aromatic heterocycles. The molecule has 0 atom stereocenters. The number of hydrogen-bond acceptors (Lipinski definition) is 6. The Kier molecular flexibility index (Phi) is 4.89. The summed E-state index contributed by atoms with van der Waals surface area (Å²) >= 11 is 6.37. The van der Waals surface area contributed by atoms with Gasteiger partial charge in [-0.3, -0.25) is 9.20 Å². The highest BCUT2D eigenvalue weighted by atomic mass is 35.5. The predicted octanol–water partition coefficient (Wildman–Crippen LogP) is 3.86. The van der Waals surface area contributed by atoms with Gasteiger partial charge in [-0.1, -0.05) is 29.8 Å². The Labute approximate surface area is 203 Å². The van der Waals surface area contributed by atoms with Gasteiger partial charge in [-0.15, -0.1) is 0 Å². The summed E-state index contributed by atoms with van der Waals surface area (Å²) in [5.41, 5.74) is 3.36. The molecule has 35 heavy (non-hydrogen) atoms. The third-order valence-corrected chi connectivity index (χ3v) is 6.41. The fraction of sp³-hybridized carbons (Fsp3) is 0.125. The van der Waals surface area contributed by atoms with E-state index in [4.69, 9.17) is 11.6 Å². The van der Waals surface area contributed by atoms with Gasteiger partial charge in [0.2, 0.25) is 11.7 Å². The molecule has 11 heteroatoms. The summed E-state index contributed by atoms with van der Waals surface area (Å²) in [5, 5.41) is 13.2. The number of nitrogens with zero attached hydrogens (tertiary/aromatic N) is 6. The summed E-state index contributed by atoms with van der Waals surface area (Å²) in [6.45, 7) is 0.811. The third kappa shape index (κ3) is 3.55. The Balaban J connectivity index is 1.42. The predicted molar refractivity (Wildman–Crippen MR) is 131 cm³/mol.